The molecule has 0 spiro atoms. The highest BCUT2D eigenvalue weighted by Crippen LogP contribution is 2.08. The Hall–Kier alpha value is -1.15. The lowest BCUT2D eigenvalue weighted by Crippen LogP contribution is -1.91. The van der Waals surface area contributed by atoms with Crippen molar-refractivity contribution >= 4 is 6.21 Å². The van der Waals surface area contributed by atoms with Crippen molar-refractivity contribution in [2.45, 2.75) is 6.10 Å². The predicted molar refractivity (Wildman–Crippen MR) is 48.6 cm³/mol. The van der Waals surface area contributed by atoms with Crippen LogP contribution in [0.3, 0.4) is 0 Å². The van der Waals surface area contributed by atoms with E-state index in [-0.39, 0.29) is 0 Å². The quantitative estimate of drug-likeness (QED) is 0.487. The molecule has 12 heavy (non-hydrogen) atoms. The number of ether oxygens (including phenoxy) is 1. The molecule has 1 aromatic carbocycles. The molecule has 0 bridgehead atoms. The Kier molecular flexibility index (Phi) is 2.19. The Morgan fingerprint density at radius 3 is 2.83 bits per heavy atom. The van der Waals surface area contributed by atoms with Gasteiger partial charge in [0.15, 0.2) is 0 Å². The molecule has 0 radical (unpaired) electrons. The van der Waals surface area contributed by atoms with Crippen molar-refractivity contribution in [1.29, 1.82) is 0 Å². The fourth-order valence-electron chi connectivity index (χ4n) is 0.988. The largest absolute Gasteiger partial charge is 0.371 e. The summed E-state index contributed by atoms with van der Waals surface area (Å²) >= 11 is 0. The van der Waals surface area contributed by atoms with Crippen LogP contribution in [0.5, 0.6) is 0 Å². The minimum absolute atomic E-state index is 0.393. The SMILES string of the molecule is C(=NC[C@H]1CO1)c1ccccc1. The van der Waals surface area contributed by atoms with E-state index in [1.807, 2.05) is 36.5 Å². The summed E-state index contributed by atoms with van der Waals surface area (Å²) < 4.78 is 5.03. The number of hydrogen-bond acceptors (Lipinski definition) is 2. The summed E-state index contributed by atoms with van der Waals surface area (Å²) in [7, 11) is 0. The topological polar surface area (TPSA) is 24.9 Å². The van der Waals surface area contributed by atoms with Gasteiger partial charge in [0.1, 0.15) is 6.10 Å². The summed E-state index contributed by atoms with van der Waals surface area (Å²) in [5.41, 5.74) is 1.15. The zero-order chi connectivity index (χ0) is 8.23. The minimum Gasteiger partial charge on any atom is -0.371 e. The third-order valence-corrected chi connectivity index (χ3v) is 1.75. The molecule has 1 heterocycles. The second-order valence-electron chi connectivity index (χ2n) is 2.86. The molecule has 2 nitrogen and oxygen atoms in total. The zero-order valence-corrected chi connectivity index (χ0v) is 6.81. The Balaban J connectivity index is 1.89. The molecule has 0 aliphatic carbocycles. The third kappa shape index (κ3) is 2.17. The highest BCUT2D eigenvalue weighted by Gasteiger charge is 2.20. The van der Waals surface area contributed by atoms with Crippen molar-refractivity contribution in [1.82, 2.24) is 0 Å². The van der Waals surface area contributed by atoms with Gasteiger partial charge in [0.25, 0.3) is 0 Å². The van der Waals surface area contributed by atoms with Gasteiger partial charge in [-0.2, -0.15) is 0 Å². The monoisotopic (exact) mass is 161 g/mol. The van der Waals surface area contributed by atoms with Gasteiger partial charge in [0.05, 0.1) is 13.2 Å². The van der Waals surface area contributed by atoms with Gasteiger partial charge in [0, 0.05) is 6.21 Å². The fraction of sp³-hybridized carbons (Fsp3) is 0.300. The average Bonchev–Trinajstić information content (AvgIpc) is 2.90. The molecule has 0 aromatic heterocycles. The van der Waals surface area contributed by atoms with E-state index in [2.05, 4.69) is 4.99 Å². The normalized spacial score (nSPS) is 21.5. The second-order valence-corrected chi connectivity index (χ2v) is 2.86. The maximum atomic E-state index is 5.03. The van der Waals surface area contributed by atoms with Crippen molar-refractivity contribution in [3.63, 3.8) is 0 Å². The van der Waals surface area contributed by atoms with Gasteiger partial charge < -0.3 is 4.74 Å². The van der Waals surface area contributed by atoms with E-state index in [1.54, 1.807) is 0 Å². The van der Waals surface area contributed by atoms with Gasteiger partial charge in [0.2, 0.25) is 0 Å². The summed E-state index contributed by atoms with van der Waals surface area (Å²) in [6.45, 7) is 1.68. The van der Waals surface area contributed by atoms with Gasteiger partial charge in [-0.1, -0.05) is 30.3 Å². The number of hydrogen-bond donors (Lipinski definition) is 0. The molecule has 1 aliphatic heterocycles. The van der Waals surface area contributed by atoms with Gasteiger partial charge in [-0.25, -0.2) is 0 Å². The lowest BCUT2D eigenvalue weighted by Gasteiger charge is -1.89. The second kappa shape index (κ2) is 3.50. The standard InChI is InChI=1S/C10H11NO/c1-2-4-9(5-3-1)6-11-7-10-8-12-10/h1-6,10H,7-8H2/t10-/m0/s1. The number of aliphatic imine (C=N–C) groups is 1. The van der Waals surface area contributed by atoms with Crippen molar-refractivity contribution in [2.75, 3.05) is 13.2 Å². The Morgan fingerprint density at radius 2 is 2.17 bits per heavy atom. The number of benzene rings is 1. The van der Waals surface area contributed by atoms with Crippen molar-refractivity contribution in [3.8, 4) is 0 Å². The summed E-state index contributed by atoms with van der Waals surface area (Å²) in [6, 6.07) is 10.1. The molecule has 0 N–H and O–H groups in total. The molecule has 1 saturated heterocycles. The molecule has 0 amide bonds. The van der Waals surface area contributed by atoms with Crippen LogP contribution in [0.15, 0.2) is 35.3 Å². The van der Waals surface area contributed by atoms with E-state index < -0.39 is 0 Å². The van der Waals surface area contributed by atoms with Gasteiger partial charge in [-0.15, -0.1) is 0 Å². The van der Waals surface area contributed by atoms with Crippen molar-refractivity contribution in [2.24, 2.45) is 4.99 Å². The Morgan fingerprint density at radius 1 is 1.42 bits per heavy atom. The maximum Gasteiger partial charge on any atom is 0.100 e. The molecule has 1 aliphatic rings. The first-order valence-electron chi connectivity index (χ1n) is 4.11. The smallest absolute Gasteiger partial charge is 0.100 e. The molecule has 62 valence electrons. The van der Waals surface area contributed by atoms with Crippen molar-refractivity contribution < 1.29 is 4.74 Å². The van der Waals surface area contributed by atoms with E-state index in [4.69, 9.17) is 4.74 Å². The zero-order valence-electron chi connectivity index (χ0n) is 6.81. The van der Waals surface area contributed by atoms with Crippen molar-refractivity contribution in [3.05, 3.63) is 35.9 Å². The van der Waals surface area contributed by atoms with Crippen LogP contribution in [0.2, 0.25) is 0 Å². The van der Waals surface area contributed by atoms with Crippen LogP contribution in [0.4, 0.5) is 0 Å². The van der Waals surface area contributed by atoms with E-state index in [0.717, 1.165) is 18.7 Å². The molecular formula is C10H11NO. The van der Waals surface area contributed by atoms with Crippen LogP contribution in [-0.4, -0.2) is 25.5 Å². The maximum absolute atomic E-state index is 5.03. The minimum atomic E-state index is 0.393. The number of rotatable bonds is 3. The first-order chi connectivity index (χ1) is 5.95. The highest BCUT2D eigenvalue weighted by molar-refractivity contribution is 5.79. The summed E-state index contributed by atoms with van der Waals surface area (Å²) in [4.78, 5) is 4.25. The summed E-state index contributed by atoms with van der Waals surface area (Å²) in [6.07, 6.45) is 2.28. The van der Waals surface area contributed by atoms with Crippen LogP contribution in [0, 0.1) is 0 Å². The van der Waals surface area contributed by atoms with Gasteiger partial charge in [-0.05, 0) is 5.56 Å². The van der Waals surface area contributed by atoms with Gasteiger partial charge >= 0.3 is 0 Å². The summed E-state index contributed by atoms with van der Waals surface area (Å²) in [5.74, 6) is 0. The van der Waals surface area contributed by atoms with E-state index in [0.29, 0.717) is 6.10 Å². The van der Waals surface area contributed by atoms with E-state index in [1.165, 1.54) is 0 Å². The van der Waals surface area contributed by atoms with Crippen LogP contribution in [0.25, 0.3) is 0 Å². The lowest BCUT2D eigenvalue weighted by atomic mass is 10.2. The molecule has 2 heteroatoms. The lowest BCUT2D eigenvalue weighted by molar-refractivity contribution is 0.413. The Labute approximate surface area is 71.9 Å². The molecular weight excluding hydrogens is 150 g/mol. The molecule has 0 unspecified atom stereocenters. The average molecular weight is 161 g/mol. The van der Waals surface area contributed by atoms with Crippen LogP contribution in [0.1, 0.15) is 5.56 Å². The van der Waals surface area contributed by atoms with E-state index in [9.17, 15) is 0 Å². The number of nitrogens with zero attached hydrogens (tertiary/aromatic N) is 1. The first-order valence-corrected chi connectivity index (χ1v) is 4.11. The molecule has 1 atom stereocenters. The van der Waals surface area contributed by atoms with Crippen LogP contribution in [-0.2, 0) is 4.74 Å². The Bertz CT molecular complexity index is 264. The summed E-state index contributed by atoms with van der Waals surface area (Å²) in [5, 5.41) is 0. The molecule has 2 rings (SSSR count). The molecule has 1 fully saturated rings. The first kappa shape index (κ1) is 7.50. The van der Waals surface area contributed by atoms with Gasteiger partial charge in [-0.3, -0.25) is 4.99 Å². The molecule has 0 saturated carbocycles. The number of epoxide rings is 1. The van der Waals surface area contributed by atoms with Crippen LogP contribution >= 0.6 is 0 Å². The molecule has 1 aromatic rings. The fourth-order valence-corrected chi connectivity index (χ4v) is 0.988. The van der Waals surface area contributed by atoms with Crippen LogP contribution < -0.4 is 0 Å². The highest BCUT2D eigenvalue weighted by atomic mass is 16.6. The van der Waals surface area contributed by atoms with E-state index >= 15 is 0 Å². The predicted octanol–water partition coefficient (Wildman–Crippen LogP) is 1.50. The third-order valence-electron chi connectivity index (χ3n) is 1.75.